The lowest BCUT2D eigenvalue weighted by Crippen LogP contribution is -2.23. The molecule has 1 amide bonds. The summed E-state index contributed by atoms with van der Waals surface area (Å²) in [6.07, 6.45) is 2.20. The Morgan fingerprint density at radius 2 is 1.61 bits per heavy atom. The SMILES string of the molecule is CN(C)C(=O)CCC1CC(=C(C#N)C#N)CCC1=C(C#N)C#N. The van der Waals surface area contributed by atoms with Crippen molar-refractivity contribution in [2.45, 2.75) is 32.1 Å². The fraction of sp³-hybridized carbons (Fsp3) is 0.471. The highest BCUT2D eigenvalue weighted by atomic mass is 16.2. The highest BCUT2D eigenvalue weighted by Gasteiger charge is 2.27. The molecule has 0 aromatic carbocycles. The molecule has 0 N–H and O–H groups in total. The van der Waals surface area contributed by atoms with E-state index in [0.29, 0.717) is 32.1 Å². The molecular weight excluding hydrogens is 290 g/mol. The van der Waals surface area contributed by atoms with E-state index in [1.165, 1.54) is 4.90 Å². The third-order valence-corrected chi connectivity index (χ3v) is 4.01. The number of allylic oxidation sites excluding steroid dienone is 4. The molecule has 0 aromatic rings. The van der Waals surface area contributed by atoms with E-state index in [1.54, 1.807) is 14.1 Å². The van der Waals surface area contributed by atoms with Gasteiger partial charge < -0.3 is 4.90 Å². The maximum absolute atomic E-state index is 11.8. The van der Waals surface area contributed by atoms with E-state index >= 15 is 0 Å². The van der Waals surface area contributed by atoms with Gasteiger partial charge in [0, 0.05) is 20.5 Å². The molecule has 1 saturated carbocycles. The molecule has 116 valence electrons. The molecule has 1 aliphatic rings. The fourth-order valence-electron chi connectivity index (χ4n) is 2.72. The van der Waals surface area contributed by atoms with Gasteiger partial charge >= 0.3 is 0 Å². The zero-order valence-electron chi connectivity index (χ0n) is 13.3. The van der Waals surface area contributed by atoms with Crippen LogP contribution in [0.25, 0.3) is 0 Å². The topological polar surface area (TPSA) is 115 Å². The number of hydrogen-bond acceptors (Lipinski definition) is 5. The first-order valence-corrected chi connectivity index (χ1v) is 7.24. The Kier molecular flexibility index (Phi) is 6.54. The van der Waals surface area contributed by atoms with Crippen LogP contribution >= 0.6 is 0 Å². The Labute approximate surface area is 136 Å². The summed E-state index contributed by atoms with van der Waals surface area (Å²) < 4.78 is 0. The van der Waals surface area contributed by atoms with Crippen molar-refractivity contribution in [1.29, 1.82) is 21.0 Å². The molecule has 1 rings (SSSR count). The fourth-order valence-corrected chi connectivity index (χ4v) is 2.72. The molecule has 1 atom stereocenters. The van der Waals surface area contributed by atoms with E-state index in [2.05, 4.69) is 0 Å². The summed E-state index contributed by atoms with van der Waals surface area (Å²) in [6, 6.07) is 7.61. The summed E-state index contributed by atoms with van der Waals surface area (Å²) in [5, 5.41) is 36.2. The summed E-state index contributed by atoms with van der Waals surface area (Å²) in [4.78, 5) is 13.3. The zero-order chi connectivity index (χ0) is 17.4. The van der Waals surface area contributed by atoms with E-state index in [4.69, 9.17) is 21.0 Å². The van der Waals surface area contributed by atoms with Crippen molar-refractivity contribution in [2.75, 3.05) is 14.1 Å². The average Bonchev–Trinajstić information content (AvgIpc) is 2.56. The summed E-state index contributed by atoms with van der Waals surface area (Å²) in [6.45, 7) is 0. The molecular formula is C17H17N5O. The smallest absolute Gasteiger partial charge is 0.222 e. The Balaban J connectivity index is 3.12. The first-order chi connectivity index (χ1) is 11.0. The van der Waals surface area contributed by atoms with Gasteiger partial charge in [-0.25, -0.2) is 0 Å². The molecule has 6 nitrogen and oxygen atoms in total. The maximum atomic E-state index is 11.8. The highest BCUT2D eigenvalue weighted by Crippen LogP contribution is 2.38. The molecule has 6 heteroatoms. The first kappa shape index (κ1) is 18.0. The average molecular weight is 307 g/mol. The maximum Gasteiger partial charge on any atom is 0.222 e. The van der Waals surface area contributed by atoms with Crippen molar-refractivity contribution in [3.63, 3.8) is 0 Å². The number of amides is 1. The second-order valence-corrected chi connectivity index (χ2v) is 5.55. The van der Waals surface area contributed by atoms with Crippen molar-refractivity contribution in [2.24, 2.45) is 5.92 Å². The van der Waals surface area contributed by atoms with Gasteiger partial charge in [0.05, 0.1) is 0 Å². The monoisotopic (exact) mass is 307 g/mol. The van der Waals surface area contributed by atoms with Gasteiger partial charge in [0.15, 0.2) is 0 Å². The Morgan fingerprint density at radius 1 is 1.04 bits per heavy atom. The number of carbonyl (C=O) groups is 1. The van der Waals surface area contributed by atoms with Gasteiger partial charge in [-0.1, -0.05) is 0 Å². The van der Waals surface area contributed by atoms with E-state index in [0.717, 1.165) is 11.1 Å². The molecule has 1 unspecified atom stereocenters. The molecule has 0 spiro atoms. The van der Waals surface area contributed by atoms with Crippen molar-refractivity contribution in [3.05, 3.63) is 22.3 Å². The minimum absolute atomic E-state index is 0.0308. The number of hydrogen-bond donors (Lipinski definition) is 0. The van der Waals surface area contributed by atoms with Crippen molar-refractivity contribution in [1.82, 2.24) is 4.90 Å². The summed E-state index contributed by atoms with van der Waals surface area (Å²) in [7, 11) is 3.34. The summed E-state index contributed by atoms with van der Waals surface area (Å²) in [5.74, 6) is -0.189. The van der Waals surface area contributed by atoms with E-state index < -0.39 is 0 Å². The third-order valence-electron chi connectivity index (χ3n) is 4.01. The molecule has 1 aliphatic carbocycles. The summed E-state index contributed by atoms with van der Waals surface area (Å²) >= 11 is 0. The Bertz CT molecular complexity index is 684. The van der Waals surface area contributed by atoms with E-state index in [1.807, 2.05) is 24.3 Å². The van der Waals surface area contributed by atoms with Crippen LogP contribution in [0.4, 0.5) is 0 Å². The highest BCUT2D eigenvalue weighted by molar-refractivity contribution is 5.75. The van der Waals surface area contributed by atoms with Crippen molar-refractivity contribution < 1.29 is 4.79 Å². The van der Waals surface area contributed by atoms with Gasteiger partial charge in [-0.05, 0) is 42.7 Å². The first-order valence-electron chi connectivity index (χ1n) is 7.24. The van der Waals surface area contributed by atoms with Gasteiger partial charge in [0.2, 0.25) is 5.91 Å². The van der Waals surface area contributed by atoms with Crippen LogP contribution in [0.2, 0.25) is 0 Å². The quantitative estimate of drug-likeness (QED) is 0.742. The standard InChI is InChI=1S/C17H17N5O/c1-22(2)17(23)6-4-13-7-12(14(8-18)9-19)3-5-16(13)15(10-20)11-21/h13H,3-7H2,1-2H3. The molecule has 0 heterocycles. The van der Waals surface area contributed by atoms with Gasteiger partial charge in [0.25, 0.3) is 0 Å². The van der Waals surface area contributed by atoms with Crippen LogP contribution in [0, 0.1) is 51.2 Å². The van der Waals surface area contributed by atoms with Crippen LogP contribution < -0.4 is 0 Å². The van der Waals surface area contributed by atoms with E-state index in [-0.39, 0.29) is 23.0 Å². The van der Waals surface area contributed by atoms with Crippen LogP contribution in [-0.4, -0.2) is 24.9 Å². The van der Waals surface area contributed by atoms with Crippen LogP contribution in [0.15, 0.2) is 22.3 Å². The normalized spacial score (nSPS) is 16.3. The lowest BCUT2D eigenvalue weighted by Gasteiger charge is -2.28. The molecule has 0 radical (unpaired) electrons. The van der Waals surface area contributed by atoms with Crippen LogP contribution in [0.1, 0.15) is 32.1 Å². The predicted octanol–water partition coefficient (Wildman–Crippen LogP) is 2.34. The third kappa shape index (κ3) is 4.44. The molecule has 0 aromatic heterocycles. The Morgan fingerprint density at radius 3 is 2.09 bits per heavy atom. The minimum atomic E-state index is -0.159. The van der Waals surface area contributed by atoms with Crippen molar-refractivity contribution >= 4 is 5.91 Å². The number of carbonyl (C=O) groups excluding carboxylic acids is 1. The largest absolute Gasteiger partial charge is 0.349 e. The van der Waals surface area contributed by atoms with Gasteiger partial charge in [-0.2, -0.15) is 21.0 Å². The van der Waals surface area contributed by atoms with Crippen LogP contribution in [0.3, 0.4) is 0 Å². The Hall–Kier alpha value is -3.09. The molecule has 0 aliphatic heterocycles. The van der Waals surface area contributed by atoms with Crippen LogP contribution in [0.5, 0.6) is 0 Å². The molecule has 23 heavy (non-hydrogen) atoms. The second-order valence-electron chi connectivity index (χ2n) is 5.55. The molecule has 1 fully saturated rings. The zero-order valence-corrected chi connectivity index (χ0v) is 13.3. The van der Waals surface area contributed by atoms with Gasteiger partial charge in [-0.15, -0.1) is 0 Å². The molecule has 0 saturated heterocycles. The summed E-state index contributed by atoms with van der Waals surface area (Å²) in [5.41, 5.74) is 1.67. The molecule has 0 bridgehead atoms. The predicted molar refractivity (Wildman–Crippen MR) is 81.8 cm³/mol. The van der Waals surface area contributed by atoms with Crippen LogP contribution in [-0.2, 0) is 4.79 Å². The van der Waals surface area contributed by atoms with Gasteiger partial charge in [-0.3, -0.25) is 4.79 Å². The van der Waals surface area contributed by atoms with E-state index in [9.17, 15) is 4.79 Å². The van der Waals surface area contributed by atoms with Gasteiger partial charge in [0.1, 0.15) is 35.4 Å². The minimum Gasteiger partial charge on any atom is -0.349 e. The number of rotatable bonds is 3. The number of nitriles is 4. The second kappa shape index (κ2) is 8.38. The van der Waals surface area contributed by atoms with Crippen molar-refractivity contribution in [3.8, 4) is 24.3 Å². The number of nitrogens with zero attached hydrogens (tertiary/aromatic N) is 5. The lowest BCUT2D eigenvalue weighted by atomic mass is 9.76. The lowest BCUT2D eigenvalue weighted by molar-refractivity contribution is -0.128.